The van der Waals surface area contributed by atoms with E-state index in [9.17, 15) is 14.4 Å². The molecule has 138 valence electrons. The third-order valence-electron chi connectivity index (χ3n) is 4.49. The molecule has 1 amide bonds. The van der Waals surface area contributed by atoms with Crippen LogP contribution in [0.5, 0.6) is 0 Å². The van der Waals surface area contributed by atoms with Crippen molar-refractivity contribution in [2.45, 2.75) is 53.0 Å². The van der Waals surface area contributed by atoms with Crippen LogP contribution in [0.4, 0.5) is 5.00 Å². The van der Waals surface area contributed by atoms with Crippen LogP contribution >= 0.6 is 11.3 Å². The SMILES string of the molecule is CCOC(=O)c1c(NC(=O)CN2CCCC[C@H]2C)sc(C(C)=O)c1C. The number of hydrogen-bond donors (Lipinski definition) is 1. The van der Waals surface area contributed by atoms with E-state index >= 15 is 0 Å². The zero-order valence-electron chi connectivity index (χ0n) is 15.3. The van der Waals surface area contributed by atoms with Crippen molar-refractivity contribution in [3.05, 3.63) is 16.0 Å². The highest BCUT2D eigenvalue weighted by atomic mass is 32.1. The Labute approximate surface area is 152 Å². The van der Waals surface area contributed by atoms with Gasteiger partial charge in [-0.15, -0.1) is 11.3 Å². The lowest BCUT2D eigenvalue weighted by molar-refractivity contribution is -0.118. The van der Waals surface area contributed by atoms with E-state index in [4.69, 9.17) is 4.74 Å². The van der Waals surface area contributed by atoms with Gasteiger partial charge in [0.1, 0.15) is 5.00 Å². The molecule has 0 spiro atoms. The van der Waals surface area contributed by atoms with Gasteiger partial charge in [-0.2, -0.15) is 0 Å². The van der Waals surface area contributed by atoms with Crippen molar-refractivity contribution in [1.29, 1.82) is 0 Å². The summed E-state index contributed by atoms with van der Waals surface area (Å²) in [6.07, 6.45) is 3.38. The molecule has 2 rings (SSSR count). The first-order valence-electron chi connectivity index (χ1n) is 8.70. The lowest BCUT2D eigenvalue weighted by Gasteiger charge is -2.32. The number of anilines is 1. The molecule has 0 bridgehead atoms. The van der Waals surface area contributed by atoms with Crippen molar-refractivity contribution < 1.29 is 19.1 Å². The van der Waals surface area contributed by atoms with Crippen molar-refractivity contribution >= 4 is 34.0 Å². The molecular formula is C18H26N2O4S. The molecule has 25 heavy (non-hydrogen) atoms. The smallest absolute Gasteiger partial charge is 0.341 e. The number of nitrogens with zero attached hydrogens (tertiary/aromatic N) is 1. The molecule has 2 heterocycles. The summed E-state index contributed by atoms with van der Waals surface area (Å²) in [5.41, 5.74) is 0.856. The van der Waals surface area contributed by atoms with Gasteiger partial charge in [-0.05, 0) is 52.6 Å². The normalized spacial score (nSPS) is 18.0. The zero-order chi connectivity index (χ0) is 18.6. The Bertz CT molecular complexity index is 668. The highest BCUT2D eigenvalue weighted by molar-refractivity contribution is 7.18. The van der Waals surface area contributed by atoms with E-state index in [0.717, 1.165) is 30.7 Å². The fourth-order valence-electron chi connectivity index (χ4n) is 3.13. The highest BCUT2D eigenvalue weighted by Crippen LogP contribution is 2.34. The van der Waals surface area contributed by atoms with Crippen LogP contribution in [0.15, 0.2) is 0 Å². The van der Waals surface area contributed by atoms with Crippen molar-refractivity contribution in [2.75, 3.05) is 25.0 Å². The first-order chi connectivity index (χ1) is 11.8. The molecule has 1 N–H and O–H groups in total. The summed E-state index contributed by atoms with van der Waals surface area (Å²) in [5, 5.41) is 3.22. The molecule has 1 aliphatic rings. The second-order valence-corrected chi connectivity index (χ2v) is 7.42. The van der Waals surface area contributed by atoms with Gasteiger partial charge in [-0.25, -0.2) is 4.79 Å². The lowest BCUT2D eigenvalue weighted by atomic mass is 10.0. The summed E-state index contributed by atoms with van der Waals surface area (Å²) in [7, 11) is 0. The molecule has 0 unspecified atom stereocenters. The zero-order valence-corrected chi connectivity index (χ0v) is 16.1. The van der Waals surface area contributed by atoms with Crippen LogP contribution in [0.1, 0.15) is 65.6 Å². The summed E-state index contributed by atoms with van der Waals surface area (Å²) < 4.78 is 5.09. The fraction of sp³-hybridized carbons (Fsp3) is 0.611. The molecule has 1 aromatic heterocycles. The largest absolute Gasteiger partial charge is 0.462 e. The molecule has 0 radical (unpaired) electrons. The van der Waals surface area contributed by atoms with Crippen molar-refractivity contribution in [1.82, 2.24) is 4.90 Å². The monoisotopic (exact) mass is 366 g/mol. The Balaban J connectivity index is 2.19. The molecular weight excluding hydrogens is 340 g/mol. The predicted octanol–water partition coefficient (Wildman–Crippen LogP) is 3.25. The molecule has 1 saturated heterocycles. The Morgan fingerprint density at radius 2 is 2.04 bits per heavy atom. The summed E-state index contributed by atoms with van der Waals surface area (Å²) in [5.74, 6) is -0.806. The number of amides is 1. The maximum atomic E-state index is 12.5. The molecule has 1 fully saturated rings. The number of Topliss-reactive ketones (excluding diaryl/α,β-unsaturated/α-hetero) is 1. The number of carbonyl (C=O) groups is 3. The van der Waals surface area contributed by atoms with E-state index in [2.05, 4.69) is 17.1 Å². The molecule has 1 atom stereocenters. The number of thiophene rings is 1. The van der Waals surface area contributed by atoms with Crippen LogP contribution in [0.2, 0.25) is 0 Å². The van der Waals surface area contributed by atoms with E-state index in [-0.39, 0.29) is 30.4 Å². The van der Waals surface area contributed by atoms with E-state index in [1.54, 1.807) is 13.8 Å². The number of esters is 1. The standard InChI is InChI=1S/C18H26N2O4S/c1-5-24-18(23)15-12(3)16(13(4)21)25-17(15)19-14(22)10-20-9-7-6-8-11(20)2/h11H,5-10H2,1-4H3,(H,19,22)/t11-/m1/s1. The third-order valence-corrected chi connectivity index (χ3v) is 5.79. The molecule has 6 nitrogen and oxygen atoms in total. The van der Waals surface area contributed by atoms with Crippen LogP contribution in [0.3, 0.4) is 0 Å². The Morgan fingerprint density at radius 1 is 1.32 bits per heavy atom. The van der Waals surface area contributed by atoms with Crippen LogP contribution in [-0.2, 0) is 9.53 Å². The first kappa shape index (κ1) is 19.6. The first-order valence-corrected chi connectivity index (χ1v) is 9.52. The quantitative estimate of drug-likeness (QED) is 0.618. The third kappa shape index (κ3) is 4.67. The number of ether oxygens (including phenoxy) is 1. The number of rotatable bonds is 6. The van der Waals surface area contributed by atoms with Gasteiger partial charge in [0, 0.05) is 6.04 Å². The van der Waals surface area contributed by atoms with Crippen LogP contribution in [-0.4, -0.2) is 48.3 Å². The van der Waals surface area contributed by atoms with Crippen LogP contribution in [0.25, 0.3) is 0 Å². The van der Waals surface area contributed by atoms with Gasteiger partial charge < -0.3 is 10.1 Å². The van der Waals surface area contributed by atoms with Crippen molar-refractivity contribution in [2.24, 2.45) is 0 Å². The second-order valence-electron chi connectivity index (χ2n) is 6.40. The topological polar surface area (TPSA) is 75.7 Å². The maximum absolute atomic E-state index is 12.5. The van der Waals surface area contributed by atoms with Crippen LogP contribution in [0, 0.1) is 6.92 Å². The average Bonchev–Trinajstić information content (AvgIpc) is 2.86. The minimum absolute atomic E-state index is 0.127. The summed E-state index contributed by atoms with van der Waals surface area (Å²) in [6.45, 7) is 8.44. The summed E-state index contributed by atoms with van der Waals surface area (Å²) in [6, 6.07) is 0.377. The molecule has 1 aliphatic heterocycles. The fourth-order valence-corrected chi connectivity index (χ4v) is 4.24. The van der Waals surface area contributed by atoms with E-state index in [1.807, 2.05) is 0 Å². The van der Waals surface area contributed by atoms with Gasteiger partial charge in [-0.3, -0.25) is 14.5 Å². The second kappa shape index (κ2) is 8.58. The summed E-state index contributed by atoms with van der Waals surface area (Å²) >= 11 is 1.14. The van der Waals surface area contributed by atoms with Gasteiger partial charge >= 0.3 is 5.97 Å². The Kier molecular flexibility index (Phi) is 6.72. The average molecular weight is 366 g/mol. The van der Waals surface area contributed by atoms with Gasteiger partial charge in [0.2, 0.25) is 5.91 Å². The molecule has 7 heteroatoms. The number of carbonyl (C=O) groups excluding carboxylic acids is 3. The minimum Gasteiger partial charge on any atom is -0.462 e. The number of likely N-dealkylation sites (tertiary alicyclic amines) is 1. The lowest BCUT2D eigenvalue weighted by Crippen LogP contribution is -2.42. The molecule has 0 aromatic carbocycles. The van der Waals surface area contributed by atoms with Gasteiger partial charge in [0.25, 0.3) is 0 Å². The van der Waals surface area contributed by atoms with Gasteiger partial charge in [-0.1, -0.05) is 6.42 Å². The maximum Gasteiger partial charge on any atom is 0.341 e. The Morgan fingerprint density at radius 3 is 2.64 bits per heavy atom. The van der Waals surface area contributed by atoms with E-state index in [0.29, 0.717) is 21.5 Å². The van der Waals surface area contributed by atoms with Crippen LogP contribution < -0.4 is 5.32 Å². The number of nitrogens with one attached hydrogen (secondary N) is 1. The van der Waals surface area contributed by atoms with E-state index < -0.39 is 5.97 Å². The highest BCUT2D eigenvalue weighted by Gasteiger charge is 2.26. The van der Waals surface area contributed by atoms with E-state index in [1.165, 1.54) is 13.3 Å². The van der Waals surface area contributed by atoms with Crippen molar-refractivity contribution in [3.8, 4) is 0 Å². The Hall–Kier alpha value is -1.73. The summed E-state index contributed by atoms with van der Waals surface area (Å²) in [4.78, 5) is 39.1. The van der Waals surface area contributed by atoms with Crippen molar-refractivity contribution in [3.63, 3.8) is 0 Å². The number of ketones is 1. The minimum atomic E-state index is -0.509. The molecule has 0 aliphatic carbocycles. The molecule has 1 aromatic rings. The molecule has 0 saturated carbocycles. The predicted molar refractivity (Wildman–Crippen MR) is 98.5 cm³/mol. The number of piperidine rings is 1. The van der Waals surface area contributed by atoms with Gasteiger partial charge in [0.15, 0.2) is 5.78 Å². The van der Waals surface area contributed by atoms with Gasteiger partial charge in [0.05, 0.1) is 23.6 Å². The number of hydrogen-bond acceptors (Lipinski definition) is 6.